The maximum Gasteiger partial charge on any atom is 0.243 e. The average Bonchev–Trinajstić information content (AvgIpc) is 3.09. The summed E-state index contributed by atoms with van der Waals surface area (Å²) < 4.78 is 23.7. The number of carbonyl (C=O) groups is 1. The Hall–Kier alpha value is -2.56. The van der Waals surface area contributed by atoms with Crippen LogP contribution in [0.3, 0.4) is 0 Å². The second-order valence-corrected chi connectivity index (χ2v) is 5.53. The molecule has 0 saturated heterocycles. The molecular weight excluding hydrogens is 466 g/mol. The van der Waals surface area contributed by atoms with Crippen LogP contribution in [-0.4, -0.2) is 32.3 Å². The number of ether oxygens (including phenoxy) is 2. The molecule has 144 valence electrons. The van der Waals surface area contributed by atoms with Crippen LogP contribution in [0.2, 0.25) is 0 Å². The molecular formula is C18H20FIN4O3. The summed E-state index contributed by atoms with van der Waals surface area (Å²) >= 11 is 0. The fourth-order valence-electron chi connectivity index (χ4n) is 2.39. The van der Waals surface area contributed by atoms with Gasteiger partial charge in [-0.1, -0.05) is 12.1 Å². The van der Waals surface area contributed by atoms with Gasteiger partial charge in [-0.15, -0.1) is 24.0 Å². The number of carbonyl (C=O) groups excluding carboxylic acids is 1. The smallest absolute Gasteiger partial charge is 0.243 e. The average molecular weight is 486 g/mol. The summed E-state index contributed by atoms with van der Waals surface area (Å²) in [6, 6.07) is 11.4. The molecule has 1 amide bonds. The molecule has 7 nitrogen and oxygen atoms in total. The van der Waals surface area contributed by atoms with E-state index in [0.717, 1.165) is 11.3 Å². The number of hydrogen-bond acceptors (Lipinski definition) is 4. The lowest BCUT2D eigenvalue weighted by Crippen LogP contribution is -2.41. The normalized spacial score (nSPS) is 12.1. The molecule has 0 atom stereocenters. The monoisotopic (exact) mass is 486 g/mol. The first-order valence-electron chi connectivity index (χ1n) is 8.02. The zero-order chi connectivity index (χ0) is 18.4. The van der Waals surface area contributed by atoms with Crippen molar-refractivity contribution in [1.82, 2.24) is 10.6 Å². The van der Waals surface area contributed by atoms with Crippen LogP contribution in [-0.2, 0) is 11.3 Å². The van der Waals surface area contributed by atoms with E-state index in [-0.39, 0.29) is 43.2 Å². The summed E-state index contributed by atoms with van der Waals surface area (Å²) in [5.74, 6) is 1.20. The fraction of sp³-hybridized carbons (Fsp3) is 0.222. The van der Waals surface area contributed by atoms with E-state index in [1.54, 1.807) is 13.1 Å². The van der Waals surface area contributed by atoms with E-state index in [1.165, 1.54) is 18.2 Å². The van der Waals surface area contributed by atoms with Gasteiger partial charge in [-0.25, -0.2) is 4.39 Å². The molecule has 0 aromatic heterocycles. The van der Waals surface area contributed by atoms with Crippen molar-refractivity contribution in [3.8, 4) is 11.5 Å². The zero-order valence-corrected chi connectivity index (χ0v) is 17.0. The second kappa shape index (κ2) is 9.95. The second-order valence-electron chi connectivity index (χ2n) is 5.53. The molecule has 0 radical (unpaired) electrons. The van der Waals surface area contributed by atoms with Crippen LogP contribution in [0.15, 0.2) is 47.5 Å². The highest BCUT2D eigenvalue weighted by Crippen LogP contribution is 2.32. The lowest BCUT2D eigenvalue weighted by molar-refractivity contribution is -0.115. The van der Waals surface area contributed by atoms with Crippen molar-refractivity contribution in [3.63, 3.8) is 0 Å². The molecule has 2 aromatic rings. The number of rotatable bonds is 5. The third-order valence-electron chi connectivity index (χ3n) is 3.65. The predicted molar refractivity (Wildman–Crippen MR) is 111 cm³/mol. The molecule has 1 heterocycles. The van der Waals surface area contributed by atoms with Crippen molar-refractivity contribution in [2.45, 2.75) is 6.54 Å². The van der Waals surface area contributed by atoms with Gasteiger partial charge in [0, 0.05) is 19.3 Å². The SMILES string of the molecule is CN=C(NCC(=O)Nc1cccc(F)c1)NCc1ccc2c(c1)OCO2.I. The number of anilines is 1. The van der Waals surface area contributed by atoms with E-state index in [0.29, 0.717) is 23.9 Å². The van der Waals surface area contributed by atoms with Crippen LogP contribution in [0.5, 0.6) is 11.5 Å². The number of hydrogen-bond donors (Lipinski definition) is 3. The largest absolute Gasteiger partial charge is 0.454 e. The summed E-state index contributed by atoms with van der Waals surface area (Å²) in [4.78, 5) is 16.0. The number of benzene rings is 2. The summed E-state index contributed by atoms with van der Waals surface area (Å²) in [7, 11) is 1.61. The Bertz CT molecular complexity index is 832. The highest BCUT2D eigenvalue weighted by atomic mass is 127. The van der Waals surface area contributed by atoms with Crippen LogP contribution in [0.1, 0.15) is 5.56 Å². The van der Waals surface area contributed by atoms with Crippen LogP contribution in [0.25, 0.3) is 0 Å². The Labute approximate surface area is 173 Å². The number of halogens is 2. The first-order valence-corrected chi connectivity index (χ1v) is 8.02. The molecule has 0 unspecified atom stereocenters. The molecule has 0 bridgehead atoms. The lowest BCUT2D eigenvalue weighted by atomic mass is 10.2. The first kappa shape index (κ1) is 20.7. The highest BCUT2D eigenvalue weighted by molar-refractivity contribution is 14.0. The van der Waals surface area contributed by atoms with Gasteiger partial charge in [-0.3, -0.25) is 9.79 Å². The van der Waals surface area contributed by atoms with E-state index in [9.17, 15) is 9.18 Å². The quantitative estimate of drug-likeness (QED) is 0.344. The summed E-state index contributed by atoms with van der Waals surface area (Å²) in [5.41, 5.74) is 1.39. The van der Waals surface area contributed by atoms with Crippen molar-refractivity contribution in [1.29, 1.82) is 0 Å². The van der Waals surface area contributed by atoms with Gasteiger partial charge < -0.3 is 25.4 Å². The standard InChI is InChI=1S/C18H19FN4O3.HI/c1-20-18(21-9-12-5-6-15-16(7-12)26-11-25-15)22-10-17(24)23-14-4-2-3-13(19)8-14;/h2-8H,9-11H2,1H3,(H,23,24)(H2,20,21,22);1H. The van der Waals surface area contributed by atoms with Crippen molar-refractivity contribution >= 4 is 41.5 Å². The molecule has 3 rings (SSSR count). The predicted octanol–water partition coefficient (Wildman–Crippen LogP) is 2.48. The van der Waals surface area contributed by atoms with Crippen LogP contribution >= 0.6 is 24.0 Å². The number of nitrogens with zero attached hydrogens (tertiary/aromatic N) is 1. The molecule has 0 saturated carbocycles. The first-order chi connectivity index (χ1) is 12.6. The number of amides is 1. The summed E-state index contributed by atoms with van der Waals surface area (Å²) in [6.07, 6.45) is 0. The fourth-order valence-corrected chi connectivity index (χ4v) is 2.39. The molecule has 0 aliphatic carbocycles. The van der Waals surface area contributed by atoms with E-state index >= 15 is 0 Å². The molecule has 2 aromatic carbocycles. The minimum atomic E-state index is -0.406. The molecule has 1 aliphatic rings. The van der Waals surface area contributed by atoms with Gasteiger partial charge in [0.25, 0.3) is 0 Å². The van der Waals surface area contributed by atoms with Crippen LogP contribution in [0, 0.1) is 5.82 Å². The molecule has 0 fully saturated rings. The third kappa shape index (κ3) is 5.98. The molecule has 27 heavy (non-hydrogen) atoms. The number of guanidine groups is 1. The minimum Gasteiger partial charge on any atom is -0.454 e. The maximum atomic E-state index is 13.1. The number of fused-ring (bicyclic) bond motifs is 1. The molecule has 3 N–H and O–H groups in total. The van der Waals surface area contributed by atoms with Gasteiger partial charge >= 0.3 is 0 Å². The van der Waals surface area contributed by atoms with Crippen molar-refractivity contribution in [2.75, 3.05) is 25.7 Å². The van der Waals surface area contributed by atoms with Gasteiger partial charge in [0.15, 0.2) is 17.5 Å². The Balaban J connectivity index is 0.00000261. The molecule has 1 aliphatic heterocycles. The number of nitrogens with one attached hydrogen (secondary N) is 3. The Morgan fingerprint density at radius 1 is 1.15 bits per heavy atom. The van der Waals surface area contributed by atoms with E-state index in [4.69, 9.17) is 9.47 Å². The Kier molecular flexibility index (Phi) is 7.65. The number of aliphatic imine (C=N–C) groups is 1. The summed E-state index contributed by atoms with van der Waals surface area (Å²) in [5, 5.41) is 8.62. The van der Waals surface area contributed by atoms with Crippen LogP contribution < -0.4 is 25.4 Å². The molecule has 0 spiro atoms. The lowest BCUT2D eigenvalue weighted by Gasteiger charge is -2.12. The van der Waals surface area contributed by atoms with E-state index in [2.05, 4.69) is 20.9 Å². The Morgan fingerprint density at radius 2 is 1.96 bits per heavy atom. The third-order valence-corrected chi connectivity index (χ3v) is 3.65. The topological polar surface area (TPSA) is 84.0 Å². The van der Waals surface area contributed by atoms with E-state index in [1.807, 2.05) is 18.2 Å². The van der Waals surface area contributed by atoms with Gasteiger partial charge in [-0.2, -0.15) is 0 Å². The molecule has 9 heteroatoms. The van der Waals surface area contributed by atoms with Crippen molar-refractivity contribution in [2.24, 2.45) is 4.99 Å². The van der Waals surface area contributed by atoms with Gasteiger partial charge in [-0.05, 0) is 35.9 Å². The zero-order valence-electron chi connectivity index (χ0n) is 14.6. The minimum absolute atomic E-state index is 0. The highest BCUT2D eigenvalue weighted by Gasteiger charge is 2.13. The van der Waals surface area contributed by atoms with Gasteiger partial charge in [0.2, 0.25) is 12.7 Å². The van der Waals surface area contributed by atoms with Crippen LogP contribution in [0.4, 0.5) is 10.1 Å². The van der Waals surface area contributed by atoms with Gasteiger partial charge in [0.1, 0.15) is 5.82 Å². The summed E-state index contributed by atoms with van der Waals surface area (Å²) in [6.45, 7) is 0.731. The van der Waals surface area contributed by atoms with Gasteiger partial charge in [0.05, 0.1) is 6.54 Å². The van der Waals surface area contributed by atoms with E-state index < -0.39 is 5.82 Å². The van der Waals surface area contributed by atoms with Crippen molar-refractivity contribution < 1.29 is 18.7 Å². The Morgan fingerprint density at radius 3 is 2.74 bits per heavy atom. The maximum absolute atomic E-state index is 13.1. The van der Waals surface area contributed by atoms with Crippen molar-refractivity contribution in [3.05, 3.63) is 53.8 Å².